The molecule has 21 heavy (non-hydrogen) atoms. The summed E-state index contributed by atoms with van der Waals surface area (Å²) in [4.78, 5) is 33.3. The van der Waals surface area contributed by atoms with Gasteiger partial charge < -0.3 is 15.7 Å². The Balaban J connectivity index is 4.52. The molecule has 0 aromatic heterocycles. The van der Waals surface area contributed by atoms with E-state index >= 15 is 0 Å². The van der Waals surface area contributed by atoms with Crippen LogP contribution in [0, 0.1) is 11.3 Å². The van der Waals surface area contributed by atoms with Crippen LogP contribution in [0.3, 0.4) is 0 Å². The zero-order valence-electron chi connectivity index (χ0n) is 11.5. The van der Waals surface area contributed by atoms with Gasteiger partial charge in [0.05, 0.1) is 18.9 Å². The number of nitrogens with zero attached hydrogens (tertiary/aromatic N) is 1. The topological polar surface area (TPSA) is 153 Å². The Bertz CT molecular complexity index is 537. The quantitative estimate of drug-likeness (QED) is 0.433. The summed E-state index contributed by atoms with van der Waals surface area (Å²) in [5, 5.41) is 19.7. The van der Waals surface area contributed by atoms with Crippen molar-refractivity contribution < 1.29 is 27.9 Å². The minimum atomic E-state index is -3.75. The molecule has 0 aliphatic heterocycles. The summed E-state index contributed by atoms with van der Waals surface area (Å²) in [6, 6.07) is 1.79. The summed E-state index contributed by atoms with van der Waals surface area (Å²) in [6.45, 7) is -0.440. The number of sulfone groups is 1. The van der Waals surface area contributed by atoms with Crippen molar-refractivity contribution >= 4 is 27.6 Å². The third-order valence-electron chi connectivity index (χ3n) is 2.40. The monoisotopic (exact) mass is 319 g/mol. The van der Waals surface area contributed by atoms with Crippen LogP contribution in [0.2, 0.25) is 0 Å². The summed E-state index contributed by atoms with van der Waals surface area (Å²) in [5.74, 6) is -2.62. The first-order chi connectivity index (χ1) is 9.68. The Morgan fingerprint density at radius 2 is 1.86 bits per heavy atom. The molecule has 0 fully saturated rings. The molecule has 0 spiro atoms. The number of hydrogen-bond acceptors (Lipinski definition) is 6. The number of carbonyl (C=O) groups is 3. The molecule has 0 aliphatic carbocycles. The van der Waals surface area contributed by atoms with Gasteiger partial charge in [0, 0.05) is 25.8 Å². The molecule has 1 unspecified atom stereocenters. The van der Waals surface area contributed by atoms with Crippen LogP contribution in [0.5, 0.6) is 0 Å². The second kappa shape index (κ2) is 8.91. The van der Waals surface area contributed by atoms with Crippen molar-refractivity contribution in [2.24, 2.45) is 0 Å². The minimum Gasteiger partial charge on any atom is -0.481 e. The van der Waals surface area contributed by atoms with Gasteiger partial charge in [-0.3, -0.25) is 14.4 Å². The number of carbonyl (C=O) groups excluding carboxylic acids is 2. The summed E-state index contributed by atoms with van der Waals surface area (Å²) in [5.41, 5.74) is 0. The van der Waals surface area contributed by atoms with Gasteiger partial charge in [0.2, 0.25) is 11.8 Å². The third kappa shape index (κ3) is 8.59. The lowest BCUT2D eigenvalue weighted by Crippen LogP contribution is -2.47. The van der Waals surface area contributed by atoms with E-state index in [-0.39, 0.29) is 25.8 Å². The van der Waals surface area contributed by atoms with E-state index in [1.165, 1.54) is 0 Å². The molecule has 1 atom stereocenters. The maximum absolute atomic E-state index is 11.7. The first kappa shape index (κ1) is 18.9. The van der Waals surface area contributed by atoms with Gasteiger partial charge in [-0.25, -0.2) is 8.42 Å². The molecule has 2 amide bonds. The number of aliphatic carboxylic acids is 1. The van der Waals surface area contributed by atoms with Crippen LogP contribution in [0.15, 0.2) is 0 Å². The lowest BCUT2D eigenvalue weighted by Gasteiger charge is -2.15. The molecule has 0 saturated carbocycles. The first-order valence-electron chi connectivity index (χ1n) is 6.00. The predicted molar refractivity (Wildman–Crippen MR) is 71.8 cm³/mol. The van der Waals surface area contributed by atoms with Crippen molar-refractivity contribution in [1.82, 2.24) is 10.6 Å². The van der Waals surface area contributed by atoms with Crippen LogP contribution in [-0.4, -0.2) is 55.9 Å². The zero-order chi connectivity index (χ0) is 16.5. The molecular weight excluding hydrogens is 302 g/mol. The average molecular weight is 319 g/mol. The largest absolute Gasteiger partial charge is 0.481 e. The van der Waals surface area contributed by atoms with Gasteiger partial charge in [-0.1, -0.05) is 0 Å². The molecule has 0 aromatic rings. The molecule has 10 heteroatoms. The van der Waals surface area contributed by atoms with Crippen molar-refractivity contribution in [3.63, 3.8) is 0 Å². The van der Waals surface area contributed by atoms with Gasteiger partial charge in [0.15, 0.2) is 15.1 Å². The van der Waals surface area contributed by atoms with E-state index in [1.807, 2.05) is 0 Å². The summed E-state index contributed by atoms with van der Waals surface area (Å²) < 4.78 is 23.0. The van der Waals surface area contributed by atoms with Gasteiger partial charge in [-0.05, 0) is 0 Å². The summed E-state index contributed by atoms with van der Waals surface area (Å²) >= 11 is 0. The van der Waals surface area contributed by atoms with Crippen LogP contribution >= 0.6 is 0 Å². The van der Waals surface area contributed by atoms with E-state index in [4.69, 9.17) is 10.4 Å². The minimum absolute atomic E-state index is 0.00825. The van der Waals surface area contributed by atoms with E-state index in [1.54, 1.807) is 6.07 Å². The van der Waals surface area contributed by atoms with E-state index < -0.39 is 39.4 Å². The van der Waals surface area contributed by atoms with E-state index in [2.05, 4.69) is 10.6 Å². The molecule has 0 aliphatic rings. The van der Waals surface area contributed by atoms with Crippen LogP contribution in [0.1, 0.15) is 19.3 Å². The lowest BCUT2D eigenvalue weighted by molar-refractivity contribution is -0.138. The highest BCUT2D eigenvalue weighted by Gasteiger charge is 2.29. The Labute approximate surface area is 122 Å². The molecule has 3 N–H and O–H groups in total. The fourth-order valence-electron chi connectivity index (χ4n) is 1.31. The number of nitrogens with one attached hydrogen (secondary N) is 2. The molecule has 9 nitrogen and oxygen atoms in total. The Hall–Kier alpha value is -2.15. The van der Waals surface area contributed by atoms with Gasteiger partial charge >= 0.3 is 5.97 Å². The summed E-state index contributed by atoms with van der Waals surface area (Å²) in [7, 11) is -3.75. The molecule has 0 bridgehead atoms. The molecule has 0 saturated heterocycles. The van der Waals surface area contributed by atoms with Crippen molar-refractivity contribution in [3.8, 4) is 6.07 Å². The molecule has 118 valence electrons. The van der Waals surface area contributed by atoms with Crippen molar-refractivity contribution in [2.45, 2.75) is 24.5 Å². The fraction of sp³-hybridized carbons (Fsp3) is 0.636. The number of hydrogen-bond donors (Lipinski definition) is 3. The highest BCUT2D eigenvalue weighted by Crippen LogP contribution is 1.99. The fourth-order valence-corrected chi connectivity index (χ4v) is 2.17. The van der Waals surface area contributed by atoms with Crippen molar-refractivity contribution in [3.05, 3.63) is 0 Å². The first-order valence-corrected chi connectivity index (χ1v) is 7.96. The van der Waals surface area contributed by atoms with Crippen LogP contribution in [-0.2, 0) is 24.2 Å². The van der Waals surface area contributed by atoms with Gasteiger partial charge in [0.25, 0.3) is 0 Å². The number of carboxylic acid groups (broad SMARTS) is 1. The average Bonchev–Trinajstić information content (AvgIpc) is 2.35. The van der Waals surface area contributed by atoms with Crippen LogP contribution in [0.4, 0.5) is 0 Å². The standard InChI is InChI=1S/C11H17N3O6S/c1-21(19,20)8(11(18)13-6-2-5-12)7-14-9(15)3-4-10(16)17/h8H,2-4,6-7H2,1H3,(H,13,18)(H,14,15)(H,16,17). The van der Waals surface area contributed by atoms with E-state index in [9.17, 15) is 22.8 Å². The second-order valence-corrected chi connectivity index (χ2v) is 6.44. The maximum Gasteiger partial charge on any atom is 0.303 e. The van der Waals surface area contributed by atoms with Gasteiger partial charge in [-0.15, -0.1) is 0 Å². The number of nitriles is 1. The van der Waals surface area contributed by atoms with Crippen LogP contribution in [0.25, 0.3) is 0 Å². The Kier molecular flexibility index (Phi) is 8.00. The molecule has 0 heterocycles. The Morgan fingerprint density at radius 3 is 2.33 bits per heavy atom. The van der Waals surface area contributed by atoms with Crippen molar-refractivity contribution in [2.75, 3.05) is 19.3 Å². The third-order valence-corrected chi connectivity index (χ3v) is 3.81. The molecule has 0 radical (unpaired) electrons. The number of amides is 2. The van der Waals surface area contributed by atoms with E-state index in [0.717, 1.165) is 6.26 Å². The number of carboxylic acids is 1. The Morgan fingerprint density at radius 1 is 1.24 bits per heavy atom. The molecule has 0 rings (SSSR count). The van der Waals surface area contributed by atoms with Gasteiger partial charge in [-0.2, -0.15) is 5.26 Å². The van der Waals surface area contributed by atoms with Gasteiger partial charge in [0.1, 0.15) is 0 Å². The van der Waals surface area contributed by atoms with Crippen molar-refractivity contribution in [1.29, 1.82) is 5.26 Å². The number of rotatable bonds is 9. The summed E-state index contributed by atoms with van der Waals surface area (Å²) in [6.07, 6.45) is 0.198. The highest BCUT2D eigenvalue weighted by molar-refractivity contribution is 7.92. The highest BCUT2D eigenvalue weighted by atomic mass is 32.2. The van der Waals surface area contributed by atoms with Crippen LogP contribution < -0.4 is 10.6 Å². The zero-order valence-corrected chi connectivity index (χ0v) is 12.3. The SMILES string of the molecule is CS(=O)(=O)C(CNC(=O)CCC(=O)O)C(=O)NCCC#N. The lowest BCUT2D eigenvalue weighted by atomic mass is 10.3. The normalized spacial score (nSPS) is 12.0. The predicted octanol–water partition coefficient (Wildman–Crippen LogP) is -1.59. The maximum atomic E-state index is 11.7. The molecule has 0 aromatic carbocycles. The second-order valence-electron chi connectivity index (χ2n) is 4.22. The smallest absolute Gasteiger partial charge is 0.303 e. The molecular formula is C11H17N3O6S. The van der Waals surface area contributed by atoms with E-state index in [0.29, 0.717) is 0 Å².